The molecule has 0 heterocycles. The Bertz CT molecular complexity index is 2110. The minimum atomic E-state index is -4.97. The molecule has 0 bridgehead atoms. The highest BCUT2D eigenvalue weighted by molar-refractivity contribution is 7.47. The van der Waals surface area contributed by atoms with Gasteiger partial charge >= 0.3 is 39.5 Å². The van der Waals surface area contributed by atoms with E-state index in [4.69, 9.17) is 37.0 Å². The zero-order chi connectivity index (χ0) is 70.4. The van der Waals surface area contributed by atoms with E-state index < -0.39 is 97.5 Å². The fraction of sp³-hybridized carbons (Fsp3) is 0.792. The van der Waals surface area contributed by atoms with Crippen LogP contribution in [0, 0.1) is 0 Å². The van der Waals surface area contributed by atoms with Crippen LogP contribution in [-0.4, -0.2) is 96.7 Å². The number of allylic oxidation sites excluding steroid dienone is 12. The number of ether oxygens (including phenoxy) is 4. The maximum atomic E-state index is 13.1. The van der Waals surface area contributed by atoms with Crippen LogP contribution in [-0.2, 0) is 65.4 Å². The predicted molar refractivity (Wildman–Crippen MR) is 390 cm³/mol. The van der Waals surface area contributed by atoms with E-state index >= 15 is 0 Å². The Balaban J connectivity index is 5.30. The lowest BCUT2D eigenvalue weighted by atomic mass is 10.1. The van der Waals surface area contributed by atoms with E-state index in [0.29, 0.717) is 25.7 Å². The summed E-state index contributed by atoms with van der Waals surface area (Å²) in [4.78, 5) is 72.8. The molecule has 0 aliphatic carbocycles. The first-order chi connectivity index (χ1) is 46.7. The molecule has 0 fully saturated rings. The largest absolute Gasteiger partial charge is 0.472 e. The SMILES string of the molecule is CC/C=C\C/C=C\C/C=C\CCCCCCCCCC(=O)OCC(COP(=O)(O)OCC(O)COP(=O)(O)OCC(COC(=O)CCCCCCC/C=C\C/C=C\CCCCC)OC(=O)CCCCCCC/C=C\CCCCCC)OC(=O)CCCCCCCCCCCCC. The van der Waals surface area contributed by atoms with Gasteiger partial charge in [-0.25, -0.2) is 9.13 Å². The second kappa shape index (κ2) is 70.0. The summed E-state index contributed by atoms with van der Waals surface area (Å²) in [5.74, 6) is -2.19. The summed E-state index contributed by atoms with van der Waals surface area (Å²) in [5, 5.41) is 10.6. The normalized spacial score (nSPS) is 14.4. The highest BCUT2D eigenvalue weighted by Crippen LogP contribution is 2.45. The monoisotopic (exact) mass is 1400 g/mol. The van der Waals surface area contributed by atoms with Gasteiger partial charge in [-0.05, 0) is 116 Å². The van der Waals surface area contributed by atoms with Gasteiger partial charge in [0.25, 0.3) is 0 Å². The fourth-order valence-electron chi connectivity index (χ4n) is 10.3. The molecule has 19 heteroatoms. The highest BCUT2D eigenvalue weighted by Gasteiger charge is 2.30. The van der Waals surface area contributed by atoms with Crippen LogP contribution in [0.4, 0.5) is 0 Å². The molecule has 0 rings (SSSR count). The molecule has 0 aromatic rings. The van der Waals surface area contributed by atoms with E-state index in [9.17, 15) is 43.2 Å². The van der Waals surface area contributed by atoms with Crippen molar-refractivity contribution in [3.05, 3.63) is 72.9 Å². The van der Waals surface area contributed by atoms with Gasteiger partial charge in [-0.15, -0.1) is 0 Å². The van der Waals surface area contributed by atoms with Gasteiger partial charge in [-0.1, -0.05) is 268 Å². The average molecular weight is 1400 g/mol. The average Bonchev–Trinajstić information content (AvgIpc) is 1.13. The van der Waals surface area contributed by atoms with Crippen molar-refractivity contribution < 1.29 is 80.2 Å². The molecule has 0 amide bonds. The van der Waals surface area contributed by atoms with Gasteiger partial charge in [0, 0.05) is 25.7 Å². The molecular weight excluding hydrogens is 1260 g/mol. The number of rotatable bonds is 72. The van der Waals surface area contributed by atoms with Crippen LogP contribution in [0.25, 0.3) is 0 Å². The van der Waals surface area contributed by atoms with Gasteiger partial charge in [-0.2, -0.15) is 0 Å². The van der Waals surface area contributed by atoms with Crippen molar-refractivity contribution in [1.29, 1.82) is 0 Å². The molecule has 0 radical (unpaired) electrons. The quantitative estimate of drug-likeness (QED) is 0.0169. The number of aliphatic hydroxyl groups excluding tert-OH is 1. The number of unbranched alkanes of at least 4 members (excludes halogenated alkanes) is 34. The third-order valence-corrected chi connectivity index (χ3v) is 18.1. The van der Waals surface area contributed by atoms with Crippen LogP contribution < -0.4 is 0 Å². The number of aliphatic hydroxyl groups is 1. The molecule has 0 aliphatic rings. The van der Waals surface area contributed by atoms with Gasteiger partial charge in [0.15, 0.2) is 12.2 Å². The van der Waals surface area contributed by atoms with Gasteiger partial charge in [0.2, 0.25) is 0 Å². The Hall–Kier alpha value is -3.50. The van der Waals surface area contributed by atoms with Gasteiger partial charge in [0.1, 0.15) is 19.3 Å². The maximum Gasteiger partial charge on any atom is 0.472 e. The van der Waals surface area contributed by atoms with Crippen LogP contribution >= 0.6 is 15.6 Å². The summed E-state index contributed by atoms with van der Waals surface area (Å²) >= 11 is 0. The van der Waals surface area contributed by atoms with Crippen molar-refractivity contribution in [3.8, 4) is 0 Å². The summed E-state index contributed by atoms with van der Waals surface area (Å²) in [7, 11) is -9.94. The molecule has 558 valence electrons. The zero-order valence-corrected chi connectivity index (χ0v) is 62.6. The summed E-state index contributed by atoms with van der Waals surface area (Å²) in [6.45, 7) is 4.72. The number of phosphoric acid groups is 2. The predicted octanol–water partition coefficient (Wildman–Crippen LogP) is 21.7. The standard InChI is InChI=1S/C77H138O17P2/c1-5-9-13-17-21-25-29-32-34-35-37-40-43-46-50-54-58-62-75(80)87-67-72(93-76(81)63-59-55-51-47-41-28-24-20-16-12-8-4)69-91-95(83,84)89-65-71(78)66-90-96(85,86)92-70-73(94-77(82)64-60-56-52-48-44-38-31-27-23-19-15-11-7-3)68-88-74(79)61-57-53-49-45-42-39-36-33-30-26-22-18-14-10-6-2/h9,13,21-22,25-27,31-34,36,71-73,78H,5-8,10-12,14-20,23-24,28-30,35,37-70H2,1-4H3,(H,83,84)(H,85,86)/b13-9-,25-21-,26-22-,31-27-,34-32-,36-33-. The van der Waals surface area contributed by atoms with Gasteiger partial charge < -0.3 is 33.8 Å². The van der Waals surface area contributed by atoms with Gasteiger partial charge in [-0.3, -0.25) is 37.3 Å². The van der Waals surface area contributed by atoms with Crippen LogP contribution in [0.3, 0.4) is 0 Å². The lowest BCUT2D eigenvalue weighted by Gasteiger charge is -2.21. The van der Waals surface area contributed by atoms with Crippen LogP contribution in [0.15, 0.2) is 72.9 Å². The Kier molecular flexibility index (Phi) is 67.4. The van der Waals surface area contributed by atoms with E-state index in [1.807, 2.05) is 0 Å². The minimum Gasteiger partial charge on any atom is -0.462 e. The van der Waals surface area contributed by atoms with Gasteiger partial charge in [0.05, 0.1) is 26.4 Å². The molecule has 3 N–H and O–H groups in total. The summed E-state index contributed by atoms with van der Waals surface area (Å²) < 4.78 is 68.4. The highest BCUT2D eigenvalue weighted by atomic mass is 31.2. The molecule has 17 nitrogen and oxygen atoms in total. The second-order valence-electron chi connectivity index (χ2n) is 25.6. The molecule has 0 saturated carbocycles. The molecule has 0 aromatic heterocycles. The lowest BCUT2D eigenvalue weighted by Crippen LogP contribution is -2.30. The number of esters is 4. The molecule has 5 atom stereocenters. The smallest absolute Gasteiger partial charge is 0.462 e. The van der Waals surface area contributed by atoms with Crippen molar-refractivity contribution >= 4 is 39.5 Å². The zero-order valence-electron chi connectivity index (χ0n) is 60.8. The molecular formula is C77H138O17P2. The van der Waals surface area contributed by atoms with E-state index in [2.05, 4.69) is 101 Å². The van der Waals surface area contributed by atoms with E-state index in [1.54, 1.807) is 0 Å². The van der Waals surface area contributed by atoms with Crippen LogP contribution in [0.2, 0.25) is 0 Å². The number of carbonyl (C=O) groups excluding carboxylic acids is 4. The Morgan fingerprint density at radius 2 is 0.542 bits per heavy atom. The lowest BCUT2D eigenvalue weighted by molar-refractivity contribution is -0.161. The molecule has 0 aromatic carbocycles. The molecule has 0 spiro atoms. The Labute approximate surface area is 583 Å². The third-order valence-electron chi connectivity index (χ3n) is 16.2. The number of hydrogen-bond donors (Lipinski definition) is 3. The first-order valence-corrected chi connectivity index (χ1v) is 41.2. The third kappa shape index (κ3) is 69.0. The Morgan fingerprint density at radius 1 is 0.302 bits per heavy atom. The first-order valence-electron chi connectivity index (χ1n) is 38.2. The summed E-state index contributed by atoms with van der Waals surface area (Å²) in [6.07, 6.45) is 68.9. The fourth-order valence-corrected chi connectivity index (χ4v) is 11.9. The number of phosphoric ester groups is 2. The number of hydrogen-bond acceptors (Lipinski definition) is 15. The molecule has 0 saturated heterocycles. The Morgan fingerprint density at radius 3 is 0.875 bits per heavy atom. The van der Waals surface area contributed by atoms with E-state index in [0.717, 1.165) is 173 Å². The van der Waals surface area contributed by atoms with Crippen molar-refractivity contribution in [2.45, 2.75) is 354 Å². The second-order valence-corrected chi connectivity index (χ2v) is 28.5. The number of carbonyl (C=O) groups is 4. The topological polar surface area (TPSA) is 237 Å². The van der Waals surface area contributed by atoms with Crippen molar-refractivity contribution in [2.75, 3.05) is 39.6 Å². The molecule has 96 heavy (non-hydrogen) atoms. The molecule has 0 aliphatic heterocycles. The van der Waals surface area contributed by atoms with Crippen LogP contribution in [0.1, 0.15) is 336 Å². The maximum absolute atomic E-state index is 13.1. The van der Waals surface area contributed by atoms with Crippen LogP contribution in [0.5, 0.6) is 0 Å². The van der Waals surface area contributed by atoms with Crippen molar-refractivity contribution in [3.63, 3.8) is 0 Å². The van der Waals surface area contributed by atoms with Crippen molar-refractivity contribution in [2.24, 2.45) is 0 Å². The van der Waals surface area contributed by atoms with E-state index in [1.165, 1.54) is 83.5 Å². The minimum absolute atomic E-state index is 0.0848. The van der Waals surface area contributed by atoms with E-state index in [-0.39, 0.29) is 25.7 Å². The van der Waals surface area contributed by atoms with Crippen molar-refractivity contribution in [1.82, 2.24) is 0 Å². The summed E-state index contributed by atoms with van der Waals surface area (Å²) in [5.41, 5.74) is 0. The summed E-state index contributed by atoms with van der Waals surface area (Å²) in [6, 6.07) is 0. The molecule has 5 unspecified atom stereocenters. The first kappa shape index (κ1) is 92.5.